The summed E-state index contributed by atoms with van der Waals surface area (Å²) >= 11 is 2.79. The Morgan fingerprint density at radius 2 is 1.59 bits per heavy atom. The van der Waals surface area contributed by atoms with E-state index in [0.717, 1.165) is 88.5 Å². The molecule has 0 aliphatic carbocycles. The normalized spacial score (nSPS) is 21.7. The van der Waals surface area contributed by atoms with Crippen LogP contribution in [0.2, 0.25) is 0 Å². The van der Waals surface area contributed by atoms with Crippen LogP contribution in [0, 0.1) is 0 Å². The summed E-state index contributed by atoms with van der Waals surface area (Å²) in [5, 5.41) is 47.1. The molecule has 344 valence electrons. The van der Waals surface area contributed by atoms with Crippen molar-refractivity contribution in [2.45, 2.75) is 92.5 Å². The predicted octanol–water partition coefficient (Wildman–Crippen LogP) is 8.04. The van der Waals surface area contributed by atoms with Gasteiger partial charge in [-0.3, -0.25) is 14.2 Å². The minimum Gasteiger partial charge on any atom is -0.492 e. The van der Waals surface area contributed by atoms with E-state index in [1.807, 2.05) is 44.2 Å². The molecule has 0 radical (unpaired) electrons. The maximum absolute atomic E-state index is 12.3. The minimum absolute atomic E-state index is 0.0346. The van der Waals surface area contributed by atoms with E-state index in [0.29, 0.717) is 53.7 Å². The number of carboxylic acid groups (broad SMARTS) is 1. The molecule has 22 heteroatoms. The molecule has 0 saturated carbocycles. The lowest BCUT2D eigenvalue weighted by Gasteiger charge is -2.36. The zero-order valence-corrected chi connectivity index (χ0v) is 38.6. The van der Waals surface area contributed by atoms with Crippen LogP contribution in [0.1, 0.15) is 70.9 Å². The van der Waals surface area contributed by atoms with E-state index in [1.165, 1.54) is 12.1 Å². The summed E-state index contributed by atoms with van der Waals surface area (Å²) in [6.45, 7) is 9.23. The Labute approximate surface area is 378 Å². The molecule has 4 aliphatic rings. The van der Waals surface area contributed by atoms with E-state index < -0.39 is 26.9 Å². The number of carboxylic acids is 1. The van der Waals surface area contributed by atoms with Crippen LogP contribution in [-0.2, 0) is 58.6 Å². The molecule has 18 nitrogen and oxygen atoms in total. The van der Waals surface area contributed by atoms with E-state index in [2.05, 4.69) is 71.2 Å². The van der Waals surface area contributed by atoms with Gasteiger partial charge in [0.2, 0.25) is 5.69 Å². The second-order valence-electron chi connectivity index (χ2n) is 16.2. The third kappa shape index (κ3) is 10.9. The van der Waals surface area contributed by atoms with Crippen LogP contribution in [-0.4, -0.2) is 105 Å². The van der Waals surface area contributed by atoms with Crippen molar-refractivity contribution in [2.24, 2.45) is 0 Å². The Balaban J connectivity index is 1.46. The maximum Gasteiger partial charge on any atom is 0.306 e. The molecule has 4 heterocycles. The number of anilines is 1. The first-order valence-corrected chi connectivity index (χ1v) is 24.0. The van der Waals surface area contributed by atoms with E-state index in [-0.39, 0.29) is 30.0 Å². The summed E-state index contributed by atoms with van der Waals surface area (Å²) in [5.74, 6) is 0.599. The van der Waals surface area contributed by atoms with Crippen molar-refractivity contribution in [3.05, 3.63) is 94.4 Å². The fourth-order valence-corrected chi connectivity index (χ4v) is 10.6. The fourth-order valence-electron chi connectivity index (χ4n) is 9.01. The topological polar surface area (TPSA) is 226 Å². The molecule has 2 unspecified atom stereocenters. The van der Waals surface area contributed by atoms with Crippen molar-refractivity contribution >= 4 is 69.3 Å². The Kier molecular flexibility index (Phi) is 16.6. The van der Waals surface area contributed by atoms with Crippen LogP contribution >= 0.6 is 36.1 Å². The first-order valence-electron chi connectivity index (χ1n) is 20.0. The van der Waals surface area contributed by atoms with Gasteiger partial charge in [-0.05, 0) is 88.2 Å². The van der Waals surface area contributed by atoms with Gasteiger partial charge in [0.05, 0.1) is 35.4 Å². The number of ether oxygens (including phenoxy) is 1. The van der Waals surface area contributed by atoms with Crippen LogP contribution in [0.4, 0.5) is 11.4 Å². The molecular formula is C41H52N3O15S4+. The van der Waals surface area contributed by atoms with Gasteiger partial charge in [0, 0.05) is 111 Å². The molecule has 1 fully saturated rings. The average Bonchev–Trinajstić information content (AvgIpc) is 3.74. The number of likely N-dealkylation sites (N-methyl/N-ethyl adjacent to an activating group) is 1. The molecule has 0 aromatic heterocycles. The number of fused-ring (bicyclic) bond motifs is 4. The molecule has 4 aliphatic heterocycles. The SMILES string of the molecule is CN1C2CCC1C(C=CC1=[N+](CCCSOOO)c3ccc(SOOO)cc3C1(C)C)=C(OCCC(=O)O)C2=CC=C1N(CCCSOOO)c2ccc(S(=O)(=O)O)cc2C1(C)C. The zero-order chi connectivity index (χ0) is 45.5. The van der Waals surface area contributed by atoms with E-state index in [1.54, 1.807) is 6.07 Å². The van der Waals surface area contributed by atoms with Crippen LogP contribution in [0.15, 0.2) is 93.1 Å². The third-order valence-electron chi connectivity index (χ3n) is 11.9. The summed E-state index contributed by atoms with van der Waals surface area (Å²) in [7, 11) is -2.41. The second-order valence-corrected chi connectivity index (χ2v) is 19.9. The van der Waals surface area contributed by atoms with Crippen molar-refractivity contribution in [2.75, 3.05) is 43.1 Å². The number of hydrogen-bond donors (Lipinski definition) is 5. The van der Waals surface area contributed by atoms with Gasteiger partial charge in [0.25, 0.3) is 10.1 Å². The largest absolute Gasteiger partial charge is 0.492 e. The average molecular weight is 955 g/mol. The molecule has 2 aromatic rings. The van der Waals surface area contributed by atoms with E-state index in [4.69, 9.17) is 24.8 Å². The number of allylic oxidation sites excluding steroid dienone is 4. The van der Waals surface area contributed by atoms with Crippen LogP contribution < -0.4 is 4.90 Å². The quantitative estimate of drug-likeness (QED) is 0.0177. The number of benzene rings is 2. The summed E-state index contributed by atoms with van der Waals surface area (Å²) in [6, 6.07) is 10.3. The Bertz CT molecular complexity index is 2280. The Hall–Kier alpha value is -3.30. The smallest absolute Gasteiger partial charge is 0.306 e. The lowest BCUT2D eigenvalue weighted by Crippen LogP contribution is -2.40. The number of hydrogen-bond acceptors (Lipinski definition) is 18. The van der Waals surface area contributed by atoms with Gasteiger partial charge in [-0.2, -0.15) is 13.0 Å². The van der Waals surface area contributed by atoms with Crippen LogP contribution in [0.25, 0.3) is 0 Å². The lowest BCUT2D eigenvalue weighted by atomic mass is 9.81. The van der Waals surface area contributed by atoms with Crippen molar-refractivity contribution in [1.82, 2.24) is 4.90 Å². The van der Waals surface area contributed by atoms with Gasteiger partial charge in [-0.1, -0.05) is 35.0 Å². The number of rotatable bonds is 23. The standard InChI is InChI=1S/C41H51N3O15S4/c1-40(2)30-24-26(62-59-56-49)8-12-34(30)43(19-6-22-60-57-54-47)36(40)16-10-28-32-14-15-33(42(32)5)29(39(28)53-21-18-38(45)46)11-17-37-41(3,4)31-25-27(63(50,51)52)9-13-35(31)44(37)20-7-23-61-58-55-48/h8-13,16-17,24-25,32-33H,6-7,14-15,18-23H2,1-5H3,(H4-,45,46,47,48,49,50,51,52)/p+1. The highest BCUT2D eigenvalue weighted by Gasteiger charge is 2.47. The predicted molar refractivity (Wildman–Crippen MR) is 235 cm³/mol. The first-order chi connectivity index (χ1) is 30.1. The first kappa shape index (κ1) is 49.1. The van der Waals surface area contributed by atoms with Gasteiger partial charge in [0.1, 0.15) is 12.3 Å². The van der Waals surface area contributed by atoms with Crippen molar-refractivity contribution in [3.8, 4) is 0 Å². The lowest BCUT2D eigenvalue weighted by molar-refractivity contribution is -0.438. The molecule has 2 atom stereocenters. The number of carbonyl (C=O) groups is 1. The molecule has 6 rings (SSSR count). The summed E-state index contributed by atoms with van der Waals surface area (Å²) in [6.07, 6.45) is 10.9. The van der Waals surface area contributed by atoms with Gasteiger partial charge in [-0.25, -0.2) is 15.8 Å². The Morgan fingerprint density at radius 3 is 2.27 bits per heavy atom. The summed E-state index contributed by atoms with van der Waals surface area (Å²) in [4.78, 5) is 16.7. The van der Waals surface area contributed by atoms with E-state index >= 15 is 0 Å². The molecule has 0 amide bonds. The molecule has 1 saturated heterocycles. The molecule has 2 bridgehead atoms. The summed E-state index contributed by atoms with van der Waals surface area (Å²) in [5.41, 5.74) is 5.80. The molecule has 63 heavy (non-hydrogen) atoms. The molecule has 0 spiro atoms. The van der Waals surface area contributed by atoms with Gasteiger partial charge >= 0.3 is 5.97 Å². The van der Waals surface area contributed by atoms with Crippen LogP contribution in [0.5, 0.6) is 0 Å². The van der Waals surface area contributed by atoms with E-state index in [9.17, 15) is 22.9 Å². The highest BCUT2D eigenvalue weighted by molar-refractivity contribution is 7.95. The molecular weight excluding hydrogens is 903 g/mol. The van der Waals surface area contributed by atoms with Gasteiger partial charge in [0.15, 0.2) is 5.71 Å². The van der Waals surface area contributed by atoms with Gasteiger partial charge < -0.3 is 14.7 Å². The van der Waals surface area contributed by atoms with Crippen molar-refractivity contribution < 1.29 is 76.1 Å². The number of aliphatic carboxylic acids is 1. The Morgan fingerprint density at radius 1 is 0.889 bits per heavy atom. The molecule has 2 aromatic carbocycles. The van der Waals surface area contributed by atoms with Crippen LogP contribution in [0.3, 0.4) is 0 Å². The highest BCUT2D eigenvalue weighted by atomic mass is 32.2. The van der Waals surface area contributed by atoms with Crippen molar-refractivity contribution in [1.29, 1.82) is 0 Å². The summed E-state index contributed by atoms with van der Waals surface area (Å²) < 4.78 is 57.1. The second kappa shape index (κ2) is 21.3. The monoisotopic (exact) mass is 954 g/mol. The highest BCUT2D eigenvalue weighted by Crippen LogP contribution is 2.50. The van der Waals surface area contributed by atoms with Gasteiger partial charge in [-0.15, -0.1) is 13.0 Å². The fraction of sp³-hybridized carbons (Fsp3) is 0.463. The third-order valence-corrected chi connectivity index (χ3v) is 14.6. The minimum atomic E-state index is -4.48. The number of nitrogens with zero attached hydrogens (tertiary/aromatic N) is 3. The van der Waals surface area contributed by atoms with Crippen molar-refractivity contribution in [3.63, 3.8) is 0 Å². The molecule has 5 N–H and O–H groups in total. The zero-order valence-electron chi connectivity index (χ0n) is 35.3. The maximum atomic E-state index is 12.3.